The summed E-state index contributed by atoms with van der Waals surface area (Å²) in [6.07, 6.45) is 7.95. The van der Waals surface area contributed by atoms with Gasteiger partial charge in [0.2, 0.25) is 0 Å². The fourth-order valence-electron chi connectivity index (χ4n) is 3.85. The molecule has 3 aromatic rings. The molecule has 1 fully saturated rings. The maximum absolute atomic E-state index is 13.1. The van der Waals surface area contributed by atoms with Crippen molar-refractivity contribution < 1.29 is 4.79 Å². The van der Waals surface area contributed by atoms with Crippen molar-refractivity contribution in [2.24, 2.45) is 5.92 Å². The Morgan fingerprint density at radius 1 is 1.13 bits per heavy atom. The van der Waals surface area contributed by atoms with Gasteiger partial charge in [-0.3, -0.25) is 9.78 Å². The first-order valence-corrected chi connectivity index (χ1v) is 10.6. The number of aryl methyl sites for hydroxylation is 1. The largest absolute Gasteiger partial charge is 0.339 e. The second-order valence-corrected chi connectivity index (χ2v) is 8.24. The molecule has 2 heterocycles. The van der Waals surface area contributed by atoms with Crippen LogP contribution in [0.2, 0.25) is 5.02 Å². The number of hydrogen-bond acceptors (Lipinski definition) is 4. The molecule has 154 valence electrons. The lowest BCUT2D eigenvalue weighted by Gasteiger charge is -2.32. The molecular formula is C24H25ClN4O. The number of nitrogens with one attached hydrogen (secondary N) is 1. The Balaban J connectivity index is 1.38. The van der Waals surface area contributed by atoms with Crippen molar-refractivity contribution in [3.63, 3.8) is 0 Å². The molecule has 0 unspecified atom stereocenters. The smallest absolute Gasteiger partial charge is 0.255 e. The van der Waals surface area contributed by atoms with Crippen molar-refractivity contribution >= 4 is 29.0 Å². The standard InChI is InChI=1S/C24H25ClN4O/c1-17-2-4-18(5-3-17)14-19-8-12-29(13-9-19)24(30)21-15-20(6-7-22(21)25)28-23-16-26-10-11-27-23/h2-7,10-11,15-16,19H,8-9,12-14H2,1H3,(H,27,28). The van der Waals surface area contributed by atoms with Crippen LogP contribution < -0.4 is 5.32 Å². The highest BCUT2D eigenvalue weighted by molar-refractivity contribution is 6.34. The average Bonchev–Trinajstić information content (AvgIpc) is 2.77. The predicted molar refractivity (Wildman–Crippen MR) is 120 cm³/mol. The third-order valence-electron chi connectivity index (χ3n) is 5.58. The molecule has 0 atom stereocenters. The van der Waals surface area contributed by atoms with Crippen molar-refractivity contribution in [1.82, 2.24) is 14.9 Å². The monoisotopic (exact) mass is 420 g/mol. The first-order valence-electron chi connectivity index (χ1n) is 10.3. The van der Waals surface area contributed by atoms with Gasteiger partial charge in [0, 0.05) is 31.2 Å². The quantitative estimate of drug-likeness (QED) is 0.610. The highest BCUT2D eigenvalue weighted by Crippen LogP contribution is 2.27. The fourth-order valence-corrected chi connectivity index (χ4v) is 4.04. The highest BCUT2D eigenvalue weighted by atomic mass is 35.5. The van der Waals surface area contributed by atoms with E-state index in [0.29, 0.717) is 22.3 Å². The van der Waals surface area contributed by atoms with Crippen molar-refractivity contribution in [3.05, 3.63) is 82.8 Å². The van der Waals surface area contributed by atoms with E-state index in [1.54, 1.807) is 30.7 Å². The van der Waals surface area contributed by atoms with E-state index in [-0.39, 0.29) is 5.91 Å². The molecular weight excluding hydrogens is 396 g/mol. The molecule has 0 aliphatic carbocycles. The summed E-state index contributed by atoms with van der Waals surface area (Å²) < 4.78 is 0. The van der Waals surface area contributed by atoms with Crippen LogP contribution in [-0.4, -0.2) is 33.9 Å². The number of nitrogens with zero attached hydrogens (tertiary/aromatic N) is 3. The number of carbonyl (C=O) groups excluding carboxylic acids is 1. The SMILES string of the molecule is Cc1ccc(CC2CCN(C(=O)c3cc(Nc4cnccn4)ccc3Cl)CC2)cc1. The minimum atomic E-state index is -0.0171. The number of piperidine rings is 1. The van der Waals surface area contributed by atoms with E-state index in [1.807, 2.05) is 11.0 Å². The molecule has 1 aromatic heterocycles. The Morgan fingerprint density at radius 2 is 1.90 bits per heavy atom. The molecule has 1 amide bonds. The van der Waals surface area contributed by atoms with E-state index in [0.717, 1.165) is 38.0 Å². The number of hydrogen-bond donors (Lipinski definition) is 1. The van der Waals surface area contributed by atoms with E-state index < -0.39 is 0 Å². The molecule has 30 heavy (non-hydrogen) atoms. The summed E-state index contributed by atoms with van der Waals surface area (Å²) in [4.78, 5) is 23.3. The van der Waals surface area contributed by atoms with Gasteiger partial charge in [0.1, 0.15) is 5.82 Å². The van der Waals surface area contributed by atoms with Crippen LogP contribution in [0, 0.1) is 12.8 Å². The topological polar surface area (TPSA) is 58.1 Å². The summed E-state index contributed by atoms with van der Waals surface area (Å²) in [6.45, 7) is 3.62. The van der Waals surface area contributed by atoms with Gasteiger partial charge in [-0.25, -0.2) is 4.98 Å². The maximum Gasteiger partial charge on any atom is 0.255 e. The van der Waals surface area contributed by atoms with E-state index in [1.165, 1.54) is 11.1 Å². The van der Waals surface area contributed by atoms with E-state index in [9.17, 15) is 4.79 Å². The van der Waals surface area contributed by atoms with Crippen LogP contribution in [0.3, 0.4) is 0 Å². The number of halogens is 1. The molecule has 1 saturated heterocycles. The summed E-state index contributed by atoms with van der Waals surface area (Å²) in [6, 6.07) is 14.1. The first-order chi connectivity index (χ1) is 14.6. The maximum atomic E-state index is 13.1. The lowest BCUT2D eigenvalue weighted by atomic mass is 9.89. The first kappa shape index (κ1) is 20.4. The second-order valence-electron chi connectivity index (χ2n) is 7.84. The third kappa shape index (κ3) is 4.97. The molecule has 4 rings (SSSR count). The summed E-state index contributed by atoms with van der Waals surface area (Å²) in [5, 5.41) is 3.63. The van der Waals surface area contributed by atoms with Gasteiger partial charge in [-0.05, 0) is 55.9 Å². The van der Waals surface area contributed by atoms with Gasteiger partial charge in [-0.15, -0.1) is 0 Å². The Bertz CT molecular complexity index is 999. The van der Waals surface area contributed by atoms with Gasteiger partial charge < -0.3 is 10.2 Å². The molecule has 1 N–H and O–H groups in total. The van der Waals surface area contributed by atoms with Gasteiger partial charge in [-0.2, -0.15) is 0 Å². The zero-order chi connectivity index (χ0) is 20.9. The number of carbonyl (C=O) groups is 1. The summed E-state index contributed by atoms with van der Waals surface area (Å²) in [5.74, 6) is 1.21. The molecule has 2 aromatic carbocycles. The number of likely N-dealkylation sites (tertiary alicyclic amines) is 1. The van der Waals surface area contributed by atoms with Crippen LogP contribution in [0.1, 0.15) is 34.3 Å². The average molecular weight is 421 g/mol. The number of rotatable bonds is 5. The molecule has 0 radical (unpaired) electrons. The Morgan fingerprint density at radius 3 is 2.60 bits per heavy atom. The fraction of sp³-hybridized carbons (Fsp3) is 0.292. The van der Waals surface area contributed by atoms with Crippen molar-refractivity contribution in [2.45, 2.75) is 26.2 Å². The normalized spacial score (nSPS) is 14.5. The van der Waals surface area contributed by atoms with E-state index in [2.05, 4.69) is 46.5 Å². The van der Waals surface area contributed by atoms with Crippen molar-refractivity contribution in [1.29, 1.82) is 0 Å². The van der Waals surface area contributed by atoms with Gasteiger partial charge >= 0.3 is 0 Å². The van der Waals surface area contributed by atoms with Gasteiger partial charge in [-0.1, -0.05) is 41.4 Å². The lowest BCUT2D eigenvalue weighted by Crippen LogP contribution is -2.39. The van der Waals surface area contributed by atoms with E-state index >= 15 is 0 Å². The zero-order valence-corrected chi connectivity index (χ0v) is 17.8. The molecule has 0 bridgehead atoms. The van der Waals surface area contributed by atoms with Crippen molar-refractivity contribution in [3.8, 4) is 0 Å². The van der Waals surface area contributed by atoms with Gasteiger partial charge in [0.05, 0.1) is 16.8 Å². The molecule has 6 heteroatoms. The second kappa shape index (κ2) is 9.26. The molecule has 1 aliphatic rings. The van der Waals surface area contributed by atoms with Crippen LogP contribution in [-0.2, 0) is 6.42 Å². The number of benzene rings is 2. The Labute approximate surface area is 182 Å². The minimum absolute atomic E-state index is 0.0171. The zero-order valence-electron chi connectivity index (χ0n) is 17.0. The van der Waals surface area contributed by atoms with Crippen LogP contribution in [0.5, 0.6) is 0 Å². The van der Waals surface area contributed by atoms with Gasteiger partial charge in [0.25, 0.3) is 5.91 Å². The lowest BCUT2D eigenvalue weighted by molar-refractivity contribution is 0.0691. The summed E-state index contributed by atoms with van der Waals surface area (Å²) in [5.41, 5.74) is 3.93. The number of aromatic nitrogens is 2. The molecule has 5 nitrogen and oxygen atoms in total. The van der Waals surface area contributed by atoms with Crippen LogP contribution in [0.4, 0.5) is 11.5 Å². The van der Waals surface area contributed by atoms with Crippen LogP contribution in [0.25, 0.3) is 0 Å². The van der Waals surface area contributed by atoms with Crippen LogP contribution >= 0.6 is 11.6 Å². The Hall–Kier alpha value is -2.92. The molecule has 0 spiro atoms. The van der Waals surface area contributed by atoms with E-state index in [4.69, 9.17) is 11.6 Å². The molecule has 1 aliphatic heterocycles. The predicted octanol–water partition coefficient (Wildman–Crippen LogP) is 5.28. The third-order valence-corrected chi connectivity index (χ3v) is 5.91. The number of anilines is 2. The van der Waals surface area contributed by atoms with Crippen LogP contribution in [0.15, 0.2) is 61.1 Å². The number of amides is 1. The molecule has 0 saturated carbocycles. The summed E-state index contributed by atoms with van der Waals surface area (Å²) >= 11 is 6.36. The Kier molecular flexibility index (Phi) is 6.29. The van der Waals surface area contributed by atoms with Gasteiger partial charge in [0.15, 0.2) is 0 Å². The highest BCUT2D eigenvalue weighted by Gasteiger charge is 2.25. The minimum Gasteiger partial charge on any atom is -0.339 e. The van der Waals surface area contributed by atoms with Crippen molar-refractivity contribution in [2.75, 3.05) is 18.4 Å². The summed E-state index contributed by atoms with van der Waals surface area (Å²) in [7, 11) is 0.